The quantitative estimate of drug-likeness (QED) is 0.825. The molecule has 0 bridgehead atoms. The molecule has 0 fully saturated rings. The fraction of sp³-hybridized carbons (Fsp3) is 0.455. The Morgan fingerprint density at radius 2 is 2.24 bits per heavy atom. The third kappa shape index (κ3) is 3.12. The lowest BCUT2D eigenvalue weighted by molar-refractivity contribution is -0.142. The lowest BCUT2D eigenvalue weighted by Gasteiger charge is -2.10. The Hall–Kier alpha value is -1.72. The van der Waals surface area contributed by atoms with Crippen LogP contribution in [0.4, 0.5) is 8.78 Å². The van der Waals surface area contributed by atoms with Crippen LogP contribution < -0.4 is 0 Å². The molecule has 0 spiro atoms. The van der Waals surface area contributed by atoms with Gasteiger partial charge in [-0.3, -0.25) is 9.78 Å². The van der Waals surface area contributed by atoms with Gasteiger partial charge in [0.05, 0.1) is 24.3 Å². The fourth-order valence-corrected chi connectivity index (χ4v) is 1.40. The maximum Gasteiger partial charge on any atom is 0.312 e. The predicted octanol–water partition coefficient (Wildman–Crippen LogP) is 2.14. The van der Waals surface area contributed by atoms with Gasteiger partial charge in [0.15, 0.2) is 0 Å². The molecular formula is C11H13F2NO3. The van der Waals surface area contributed by atoms with E-state index >= 15 is 0 Å². The van der Waals surface area contributed by atoms with Gasteiger partial charge in [-0.15, -0.1) is 0 Å². The van der Waals surface area contributed by atoms with E-state index in [-0.39, 0.29) is 24.3 Å². The van der Waals surface area contributed by atoms with Crippen molar-refractivity contribution in [2.24, 2.45) is 0 Å². The number of aromatic nitrogens is 1. The lowest BCUT2D eigenvalue weighted by atomic mass is 10.1. The van der Waals surface area contributed by atoms with Crippen LogP contribution in [0.1, 0.15) is 30.2 Å². The smallest absolute Gasteiger partial charge is 0.312 e. The van der Waals surface area contributed by atoms with Gasteiger partial charge in [-0.05, 0) is 19.4 Å². The van der Waals surface area contributed by atoms with Crippen molar-refractivity contribution in [3.63, 3.8) is 0 Å². The minimum absolute atomic E-state index is 0.0932. The van der Waals surface area contributed by atoms with E-state index in [1.807, 2.05) is 0 Å². The normalized spacial score (nSPS) is 10.6. The average molecular weight is 245 g/mol. The molecule has 0 unspecified atom stereocenters. The summed E-state index contributed by atoms with van der Waals surface area (Å²) in [7, 11) is 0. The standard InChI is InChI=1S/C11H13F2NO3/c1-3-17-8(15)4-7-10(16)9(11(12)13)6(2)5-14-7/h5,11,16H,3-4H2,1-2H3. The van der Waals surface area contributed by atoms with Crippen molar-refractivity contribution in [3.05, 3.63) is 23.0 Å². The molecule has 1 N–H and O–H groups in total. The minimum Gasteiger partial charge on any atom is -0.506 e. The molecular weight excluding hydrogens is 232 g/mol. The number of carbonyl (C=O) groups excluding carboxylic acids is 1. The van der Waals surface area contributed by atoms with Crippen molar-refractivity contribution in [1.29, 1.82) is 0 Å². The van der Waals surface area contributed by atoms with Crippen molar-refractivity contribution < 1.29 is 23.4 Å². The Morgan fingerprint density at radius 1 is 1.59 bits per heavy atom. The molecule has 0 amide bonds. The lowest BCUT2D eigenvalue weighted by Crippen LogP contribution is -2.10. The van der Waals surface area contributed by atoms with Gasteiger partial charge in [-0.1, -0.05) is 0 Å². The Bertz CT molecular complexity index is 421. The van der Waals surface area contributed by atoms with Gasteiger partial charge >= 0.3 is 5.97 Å². The number of hydrogen-bond acceptors (Lipinski definition) is 4. The highest BCUT2D eigenvalue weighted by Gasteiger charge is 2.21. The molecule has 0 aliphatic carbocycles. The zero-order valence-electron chi connectivity index (χ0n) is 9.54. The number of nitrogens with zero attached hydrogens (tertiary/aromatic N) is 1. The van der Waals surface area contributed by atoms with E-state index in [1.54, 1.807) is 6.92 Å². The summed E-state index contributed by atoms with van der Waals surface area (Å²) in [5.74, 6) is -1.24. The monoisotopic (exact) mass is 245 g/mol. The molecule has 1 aromatic heterocycles. The molecule has 1 aromatic rings. The molecule has 0 aliphatic rings. The first-order valence-corrected chi connectivity index (χ1v) is 5.08. The van der Waals surface area contributed by atoms with Crippen LogP contribution in [-0.2, 0) is 16.0 Å². The summed E-state index contributed by atoms with van der Waals surface area (Å²) < 4.78 is 30.0. The zero-order valence-corrected chi connectivity index (χ0v) is 9.54. The number of esters is 1. The number of rotatable bonds is 4. The van der Waals surface area contributed by atoms with Crippen LogP contribution in [0.5, 0.6) is 5.75 Å². The number of alkyl halides is 2. The highest BCUT2D eigenvalue weighted by molar-refractivity contribution is 5.73. The van der Waals surface area contributed by atoms with E-state index in [4.69, 9.17) is 0 Å². The second-order valence-electron chi connectivity index (χ2n) is 3.43. The highest BCUT2D eigenvalue weighted by atomic mass is 19.3. The Labute approximate surface area is 97.2 Å². The minimum atomic E-state index is -2.81. The van der Waals surface area contributed by atoms with Crippen molar-refractivity contribution >= 4 is 5.97 Å². The molecule has 4 nitrogen and oxygen atoms in total. The first-order valence-electron chi connectivity index (χ1n) is 5.08. The van der Waals surface area contributed by atoms with Crippen molar-refractivity contribution in [3.8, 4) is 5.75 Å². The highest BCUT2D eigenvalue weighted by Crippen LogP contribution is 2.32. The summed E-state index contributed by atoms with van der Waals surface area (Å²) in [4.78, 5) is 14.9. The summed E-state index contributed by atoms with van der Waals surface area (Å²) in [6.45, 7) is 3.24. The van der Waals surface area contributed by atoms with E-state index in [2.05, 4.69) is 9.72 Å². The Kier molecular flexibility index (Phi) is 4.37. The van der Waals surface area contributed by atoms with E-state index in [1.165, 1.54) is 13.1 Å². The Morgan fingerprint density at radius 3 is 2.76 bits per heavy atom. The summed E-state index contributed by atoms with van der Waals surface area (Å²) in [6, 6.07) is 0. The zero-order chi connectivity index (χ0) is 13.0. The van der Waals surface area contributed by atoms with Crippen molar-refractivity contribution in [1.82, 2.24) is 4.98 Å². The number of halogens is 2. The molecule has 1 heterocycles. The van der Waals surface area contributed by atoms with Crippen LogP contribution in [0.3, 0.4) is 0 Å². The molecule has 17 heavy (non-hydrogen) atoms. The van der Waals surface area contributed by atoms with Gasteiger partial charge in [0.1, 0.15) is 5.75 Å². The second-order valence-corrected chi connectivity index (χ2v) is 3.43. The second kappa shape index (κ2) is 5.56. The number of carbonyl (C=O) groups is 1. The van der Waals surface area contributed by atoms with Gasteiger partial charge in [0, 0.05) is 6.20 Å². The summed E-state index contributed by atoms with van der Waals surface area (Å²) in [5.41, 5.74) is -0.395. The van der Waals surface area contributed by atoms with E-state index in [0.717, 1.165) is 0 Å². The topological polar surface area (TPSA) is 59.4 Å². The molecule has 0 aromatic carbocycles. The molecule has 94 valence electrons. The van der Waals surface area contributed by atoms with Crippen molar-refractivity contribution in [2.75, 3.05) is 6.61 Å². The number of aromatic hydroxyl groups is 1. The SMILES string of the molecule is CCOC(=O)Cc1ncc(C)c(C(F)F)c1O. The van der Waals surface area contributed by atoms with Crippen LogP contribution in [-0.4, -0.2) is 22.7 Å². The van der Waals surface area contributed by atoms with Gasteiger partial charge in [0.25, 0.3) is 6.43 Å². The molecule has 0 atom stereocenters. The van der Waals surface area contributed by atoms with Gasteiger partial charge in [0.2, 0.25) is 0 Å². The van der Waals surface area contributed by atoms with E-state index in [9.17, 15) is 18.7 Å². The van der Waals surface area contributed by atoms with E-state index < -0.39 is 23.7 Å². The first kappa shape index (κ1) is 13.3. The van der Waals surface area contributed by atoms with Gasteiger partial charge < -0.3 is 9.84 Å². The first-order chi connectivity index (χ1) is 7.97. The van der Waals surface area contributed by atoms with Crippen LogP contribution in [0.25, 0.3) is 0 Å². The number of hydrogen-bond donors (Lipinski definition) is 1. The molecule has 0 radical (unpaired) electrons. The van der Waals surface area contributed by atoms with Crippen LogP contribution in [0, 0.1) is 6.92 Å². The predicted molar refractivity (Wildman–Crippen MR) is 55.9 cm³/mol. The van der Waals surface area contributed by atoms with E-state index in [0.29, 0.717) is 0 Å². The fourth-order valence-electron chi connectivity index (χ4n) is 1.40. The molecule has 1 rings (SSSR count). The maximum absolute atomic E-state index is 12.7. The van der Waals surface area contributed by atoms with Gasteiger partial charge in [-0.25, -0.2) is 8.78 Å². The summed E-state index contributed by atoms with van der Waals surface area (Å²) in [5, 5.41) is 9.61. The van der Waals surface area contributed by atoms with Crippen LogP contribution >= 0.6 is 0 Å². The van der Waals surface area contributed by atoms with Crippen molar-refractivity contribution in [2.45, 2.75) is 26.7 Å². The summed E-state index contributed by atoms with van der Waals surface area (Å²) >= 11 is 0. The number of aryl methyl sites for hydroxylation is 1. The number of pyridine rings is 1. The number of ether oxygens (including phenoxy) is 1. The third-order valence-corrected chi connectivity index (χ3v) is 2.20. The molecule has 0 aliphatic heterocycles. The molecule has 6 heteroatoms. The Balaban J connectivity index is 3.02. The third-order valence-electron chi connectivity index (χ3n) is 2.20. The molecule has 0 saturated carbocycles. The maximum atomic E-state index is 12.7. The van der Waals surface area contributed by atoms with Crippen LogP contribution in [0.2, 0.25) is 0 Å². The largest absolute Gasteiger partial charge is 0.506 e. The summed E-state index contributed by atoms with van der Waals surface area (Å²) in [6.07, 6.45) is -1.92. The van der Waals surface area contributed by atoms with Crippen LogP contribution in [0.15, 0.2) is 6.20 Å². The molecule has 0 saturated heterocycles. The average Bonchev–Trinajstić information content (AvgIpc) is 2.22. The van der Waals surface area contributed by atoms with Gasteiger partial charge in [-0.2, -0.15) is 0 Å².